The number of aliphatic imine (C=N–C) groups is 1. The van der Waals surface area contributed by atoms with Gasteiger partial charge in [0.25, 0.3) is 0 Å². The molecular formula is C13H27N5O2. The first kappa shape index (κ1) is 16.6. The number of carbonyl (C=O) groups is 1. The topological polar surface area (TPSA) is 97.2 Å². The van der Waals surface area contributed by atoms with Crippen molar-refractivity contribution in [1.29, 1.82) is 0 Å². The molecule has 1 rings (SSSR count). The number of amides is 1. The molecule has 116 valence electrons. The van der Waals surface area contributed by atoms with Crippen LogP contribution in [0.5, 0.6) is 0 Å². The van der Waals surface area contributed by atoms with Gasteiger partial charge in [-0.3, -0.25) is 9.89 Å². The largest absolute Gasteiger partial charge is 0.444 e. The van der Waals surface area contributed by atoms with Crippen molar-refractivity contribution in [3.05, 3.63) is 0 Å². The lowest BCUT2D eigenvalue weighted by molar-refractivity contribution is 0.0145. The third-order valence-electron chi connectivity index (χ3n) is 2.95. The van der Waals surface area contributed by atoms with Gasteiger partial charge in [0.05, 0.1) is 0 Å². The second-order valence-electron chi connectivity index (χ2n) is 5.97. The van der Waals surface area contributed by atoms with Crippen molar-refractivity contribution in [2.45, 2.75) is 32.8 Å². The number of nitrogens with zero attached hydrogens (tertiary/aromatic N) is 3. The Morgan fingerprint density at radius 3 is 2.30 bits per heavy atom. The standard InChI is InChI=1S/C13H27N5O2/c1-13(2,3)20-12(19)18-9-7-17(8-10-18)6-4-5-16-11(14)15/h4-10H2,1-3H3,(H4,14,15,16). The van der Waals surface area contributed by atoms with E-state index in [4.69, 9.17) is 16.2 Å². The van der Waals surface area contributed by atoms with Crippen molar-refractivity contribution in [3.8, 4) is 0 Å². The predicted molar refractivity (Wildman–Crippen MR) is 79.5 cm³/mol. The molecule has 0 aromatic heterocycles. The monoisotopic (exact) mass is 285 g/mol. The van der Waals surface area contributed by atoms with E-state index in [1.807, 2.05) is 20.8 Å². The third-order valence-corrected chi connectivity index (χ3v) is 2.95. The summed E-state index contributed by atoms with van der Waals surface area (Å²) in [7, 11) is 0. The van der Waals surface area contributed by atoms with Crippen LogP contribution in [0.15, 0.2) is 4.99 Å². The Morgan fingerprint density at radius 2 is 1.80 bits per heavy atom. The molecule has 7 nitrogen and oxygen atoms in total. The summed E-state index contributed by atoms with van der Waals surface area (Å²) in [6.07, 6.45) is 0.697. The van der Waals surface area contributed by atoms with Crippen molar-refractivity contribution >= 4 is 12.1 Å². The zero-order chi connectivity index (χ0) is 15.2. The lowest BCUT2D eigenvalue weighted by Gasteiger charge is -2.35. The Labute approximate surface area is 120 Å². The van der Waals surface area contributed by atoms with Crippen molar-refractivity contribution in [2.75, 3.05) is 39.3 Å². The van der Waals surface area contributed by atoms with E-state index >= 15 is 0 Å². The molecular weight excluding hydrogens is 258 g/mol. The minimum Gasteiger partial charge on any atom is -0.444 e. The molecule has 0 aliphatic carbocycles. The first-order valence-electron chi connectivity index (χ1n) is 7.03. The molecule has 1 saturated heterocycles. The first-order chi connectivity index (χ1) is 9.28. The summed E-state index contributed by atoms with van der Waals surface area (Å²) in [5, 5.41) is 0. The van der Waals surface area contributed by atoms with Crippen LogP contribution < -0.4 is 11.5 Å². The van der Waals surface area contributed by atoms with Gasteiger partial charge in [-0.2, -0.15) is 0 Å². The fourth-order valence-corrected chi connectivity index (χ4v) is 1.98. The van der Waals surface area contributed by atoms with Crippen LogP contribution in [-0.4, -0.2) is 66.7 Å². The zero-order valence-corrected chi connectivity index (χ0v) is 12.8. The maximum Gasteiger partial charge on any atom is 0.410 e. The minimum absolute atomic E-state index is 0.139. The molecule has 0 unspecified atom stereocenters. The predicted octanol–water partition coefficient (Wildman–Crippen LogP) is 0.203. The molecule has 1 aliphatic rings. The summed E-state index contributed by atoms with van der Waals surface area (Å²) in [6.45, 7) is 10.4. The normalized spacial score (nSPS) is 16.9. The summed E-state index contributed by atoms with van der Waals surface area (Å²) in [6, 6.07) is 0. The molecule has 0 bridgehead atoms. The number of carbonyl (C=O) groups excluding carboxylic acids is 1. The molecule has 1 heterocycles. The summed E-state index contributed by atoms with van der Waals surface area (Å²) in [5.41, 5.74) is 10.1. The van der Waals surface area contributed by atoms with Gasteiger partial charge in [0.15, 0.2) is 5.96 Å². The highest BCUT2D eigenvalue weighted by molar-refractivity contribution is 5.75. The Balaban J connectivity index is 2.23. The smallest absolute Gasteiger partial charge is 0.410 e. The molecule has 4 N–H and O–H groups in total. The van der Waals surface area contributed by atoms with Crippen molar-refractivity contribution < 1.29 is 9.53 Å². The number of piperazine rings is 1. The summed E-state index contributed by atoms with van der Waals surface area (Å²) in [4.78, 5) is 19.9. The average molecular weight is 285 g/mol. The Kier molecular flexibility index (Phi) is 6.06. The lowest BCUT2D eigenvalue weighted by atomic mass is 10.2. The fraction of sp³-hybridized carbons (Fsp3) is 0.846. The SMILES string of the molecule is CC(C)(C)OC(=O)N1CCN(CCCN=C(N)N)CC1. The van der Waals surface area contributed by atoms with Crippen LogP contribution in [0.4, 0.5) is 4.79 Å². The molecule has 7 heteroatoms. The van der Waals surface area contributed by atoms with E-state index in [0.29, 0.717) is 19.6 Å². The summed E-state index contributed by atoms with van der Waals surface area (Å²) in [5.74, 6) is 0.139. The number of nitrogens with two attached hydrogens (primary N) is 2. The van der Waals surface area contributed by atoms with E-state index in [0.717, 1.165) is 26.1 Å². The lowest BCUT2D eigenvalue weighted by Crippen LogP contribution is -2.50. The average Bonchev–Trinajstić information content (AvgIpc) is 2.33. The van der Waals surface area contributed by atoms with Gasteiger partial charge in [-0.05, 0) is 27.2 Å². The van der Waals surface area contributed by atoms with Gasteiger partial charge in [0.2, 0.25) is 0 Å². The van der Waals surface area contributed by atoms with Crippen molar-refractivity contribution in [1.82, 2.24) is 9.80 Å². The van der Waals surface area contributed by atoms with Crippen molar-refractivity contribution in [2.24, 2.45) is 16.5 Å². The van der Waals surface area contributed by atoms with Crippen LogP contribution >= 0.6 is 0 Å². The van der Waals surface area contributed by atoms with E-state index in [-0.39, 0.29) is 12.1 Å². The van der Waals surface area contributed by atoms with E-state index in [1.165, 1.54) is 0 Å². The fourth-order valence-electron chi connectivity index (χ4n) is 1.98. The molecule has 0 saturated carbocycles. The molecule has 1 fully saturated rings. The Morgan fingerprint density at radius 1 is 1.20 bits per heavy atom. The molecule has 1 amide bonds. The molecule has 0 spiro atoms. The van der Waals surface area contributed by atoms with Crippen molar-refractivity contribution in [3.63, 3.8) is 0 Å². The Hall–Kier alpha value is -1.50. The van der Waals surface area contributed by atoms with Gasteiger partial charge in [0, 0.05) is 39.3 Å². The molecule has 0 aromatic rings. The number of rotatable bonds is 4. The number of ether oxygens (including phenoxy) is 1. The van der Waals surface area contributed by atoms with Crippen LogP contribution in [0.25, 0.3) is 0 Å². The van der Waals surface area contributed by atoms with Crippen LogP contribution in [0.3, 0.4) is 0 Å². The van der Waals surface area contributed by atoms with Crippen LogP contribution in [-0.2, 0) is 4.74 Å². The van der Waals surface area contributed by atoms with Gasteiger partial charge >= 0.3 is 6.09 Å². The Bertz CT molecular complexity index is 339. The molecule has 1 aliphatic heterocycles. The summed E-state index contributed by atoms with van der Waals surface area (Å²) >= 11 is 0. The highest BCUT2D eigenvalue weighted by Crippen LogP contribution is 2.11. The molecule has 0 aromatic carbocycles. The number of guanidine groups is 1. The van der Waals surface area contributed by atoms with Crippen LogP contribution in [0, 0.1) is 0 Å². The quantitative estimate of drug-likeness (QED) is 0.437. The minimum atomic E-state index is -0.436. The van der Waals surface area contributed by atoms with Gasteiger partial charge in [-0.25, -0.2) is 4.79 Å². The highest BCUT2D eigenvalue weighted by Gasteiger charge is 2.25. The van der Waals surface area contributed by atoms with Gasteiger partial charge in [-0.1, -0.05) is 0 Å². The summed E-state index contributed by atoms with van der Waals surface area (Å²) < 4.78 is 5.36. The first-order valence-corrected chi connectivity index (χ1v) is 7.03. The zero-order valence-electron chi connectivity index (χ0n) is 12.8. The molecule has 0 radical (unpaired) electrons. The second-order valence-corrected chi connectivity index (χ2v) is 5.97. The number of hydrogen-bond donors (Lipinski definition) is 2. The van der Waals surface area contributed by atoms with Gasteiger partial charge in [-0.15, -0.1) is 0 Å². The van der Waals surface area contributed by atoms with E-state index in [2.05, 4.69) is 9.89 Å². The molecule has 20 heavy (non-hydrogen) atoms. The van der Waals surface area contributed by atoms with Crippen LogP contribution in [0.2, 0.25) is 0 Å². The van der Waals surface area contributed by atoms with E-state index in [1.54, 1.807) is 4.90 Å². The van der Waals surface area contributed by atoms with E-state index < -0.39 is 5.60 Å². The van der Waals surface area contributed by atoms with Gasteiger partial charge < -0.3 is 21.1 Å². The second kappa shape index (κ2) is 7.33. The third kappa shape index (κ3) is 6.60. The molecule has 0 atom stereocenters. The van der Waals surface area contributed by atoms with Crippen LogP contribution in [0.1, 0.15) is 27.2 Å². The van der Waals surface area contributed by atoms with Gasteiger partial charge in [0.1, 0.15) is 5.60 Å². The highest BCUT2D eigenvalue weighted by atomic mass is 16.6. The number of hydrogen-bond acceptors (Lipinski definition) is 4. The maximum atomic E-state index is 11.9. The van der Waals surface area contributed by atoms with E-state index in [9.17, 15) is 4.79 Å². The maximum absolute atomic E-state index is 11.9.